The smallest absolute Gasteiger partial charge is 0.261 e. The summed E-state index contributed by atoms with van der Waals surface area (Å²) in [5.74, 6) is -0.421. The van der Waals surface area contributed by atoms with E-state index in [1.807, 2.05) is 18.2 Å². The van der Waals surface area contributed by atoms with Gasteiger partial charge in [-0.25, -0.2) is 0 Å². The molecule has 2 aromatic carbocycles. The Balaban J connectivity index is 1.57. The van der Waals surface area contributed by atoms with Crippen LogP contribution in [0.15, 0.2) is 48.5 Å². The van der Waals surface area contributed by atoms with Gasteiger partial charge in [-0.05, 0) is 48.9 Å². The lowest BCUT2D eigenvalue weighted by atomic mass is 9.97. The summed E-state index contributed by atoms with van der Waals surface area (Å²) < 4.78 is 5.62. The molecule has 1 atom stereocenters. The van der Waals surface area contributed by atoms with Crippen LogP contribution < -0.4 is 0 Å². The van der Waals surface area contributed by atoms with Crippen LogP contribution in [0, 0.1) is 0 Å². The summed E-state index contributed by atoms with van der Waals surface area (Å²) in [6.45, 7) is 0.513. The van der Waals surface area contributed by atoms with Crippen LogP contribution in [0.25, 0.3) is 0 Å². The highest BCUT2D eigenvalue weighted by atomic mass is 16.5. The summed E-state index contributed by atoms with van der Waals surface area (Å²) in [6, 6.07) is 15.0. The van der Waals surface area contributed by atoms with E-state index in [9.17, 15) is 14.7 Å². The SMILES string of the molecule is COC(CCCN1C(=O)c2ccccc2C1=O)Cc1ccccc1CCO. The number of aliphatic hydroxyl groups is 1. The van der Waals surface area contributed by atoms with Gasteiger partial charge < -0.3 is 9.84 Å². The van der Waals surface area contributed by atoms with Crippen molar-refractivity contribution in [2.45, 2.75) is 31.8 Å². The molecule has 2 aromatic rings. The number of imide groups is 1. The van der Waals surface area contributed by atoms with Crippen molar-refractivity contribution in [1.29, 1.82) is 0 Å². The highest BCUT2D eigenvalue weighted by Gasteiger charge is 2.34. The molecule has 5 heteroatoms. The first-order chi connectivity index (χ1) is 13.2. The summed E-state index contributed by atoms with van der Waals surface area (Å²) in [5.41, 5.74) is 3.27. The standard InChI is InChI=1S/C22H25NO4/c1-27-18(15-17-8-3-2-7-16(17)12-14-24)9-6-13-23-21(25)19-10-4-5-11-20(19)22(23)26/h2-5,7-8,10-11,18,24H,6,9,12-15H2,1H3. The van der Waals surface area contributed by atoms with Gasteiger partial charge in [-0.15, -0.1) is 0 Å². The summed E-state index contributed by atoms with van der Waals surface area (Å²) in [7, 11) is 1.68. The Kier molecular flexibility index (Phi) is 6.37. The number of ether oxygens (including phenoxy) is 1. The fourth-order valence-electron chi connectivity index (χ4n) is 3.59. The van der Waals surface area contributed by atoms with Crippen molar-refractivity contribution in [3.05, 3.63) is 70.8 Å². The zero-order valence-electron chi connectivity index (χ0n) is 15.6. The van der Waals surface area contributed by atoms with Crippen molar-refractivity contribution in [3.63, 3.8) is 0 Å². The zero-order chi connectivity index (χ0) is 19.2. The van der Waals surface area contributed by atoms with E-state index >= 15 is 0 Å². The van der Waals surface area contributed by atoms with E-state index < -0.39 is 0 Å². The predicted octanol–water partition coefficient (Wildman–Crippen LogP) is 2.86. The van der Waals surface area contributed by atoms with Crippen LogP contribution in [0.4, 0.5) is 0 Å². The monoisotopic (exact) mass is 367 g/mol. The maximum Gasteiger partial charge on any atom is 0.261 e. The Morgan fingerprint density at radius 1 is 0.963 bits per heavy atom. The Bertz CT molecular complexity index is 782. The summed E-state index contributed by atoms with van der Waals surface area (Å²) >= 11 is 0. The topological polar surface area (TPSA) is 66.8 Å². The van der Waals surface area contributed by atoms with Gasteiger partial charge in [-0.2, -0.15) is 0 Å². The van der Waals surface area contributed by atoms with Gasteiger partial charge in [0.2, 0.25) is 0 Å². The lowest BCUT2D eigenvalue weighted by Crippen LogP contribution is -2.31. The predicted molar refractivity (Wildman–Crippen MR) is 103 cm³/mol. The Morgan fingerprint density at radius 2 is 1.56 bits per heavy atom. The fourth-order valence-corrected chi connectivity index (χ4v) is 3.59. The molecule has 1 heterocycles. The van der Waals surface area contributed by atoms with E-state index in [-0.39, 0.29) is 24.5 Å². The molecule has 27 heavy (non-hydrogen) atoms. The molecule has 1 N–H and O–H groups in total. The van der Waals surface area contributed by atoms with E-state index in [4.69, 9.17) is 4.74 Å². The molecule has 0 saturated heterocycles. The first-order valence-corrected chi connectivity index (χ1v) is 9.31. The minimum Gasteiger partial charge on any atom is -0.396 e. The number of hydrogen-bond acceptors (Lipinski definition) is 4. The maximum absolute atomic E-state index is 12.4. The summed E-state index contributed by atoms with van der Waals surface area (Å²) in [4.78, 5) is 26.2. The van der Waals surface area contributed by atoms with Crippen molar-refractivity contribution in [1.82, 2.24) is 4.90 Å². The molecule has 3 rings (SSSR count). The van der Waals surface area contributed by atoms with Gasteiger partial charge in [-0.1, -0.05) is 36.4 Å². The Morgan fingerprint density at radius 3 is 2.15 bits per heavy atom. The first-order valence-electron chi connectivity index (χ1n) is 9.31. The van der Waals surface area contributed by atoms with Crippen LogP contribution in [0.5, 0.6) is 0 Å². The van der Waals surface area contributed by atoms with Crippen molar-refractivity contribution in [2.24, 2.45) is 0 Å². The van der Waals surface area contributed by atoms with E-state index in [1.165, 1.54) is 10.5 Å². The van der Waals surface area contributed by atoms with Crippen molar-refractivity contribution >= 4 is 11.8 Å². The second-order valence-corrected chi connectivity index (χ2v) is 6.75. The average Bonchev–Trinajstić information content (AvgIpc) is 2.94. The molecule has 0 saturated carbocycles. The van der Waals surface area contributed by atoms with Crippen LogP contribution in [0.1, 0.15) is 44.7 Å². The van der Waals surface area contributed by atoms with Crippen molar-refractivity contribution in [2.75, 3.05) is 20.3 Å². The molecule has 142 valence electrons. The lowest BCUT2D eigenvalue weighted by Gasteiger charge is -2.19. The molecule has 0 aliphatic carbocycles. The van der Waals surface area contributed by atoms with E-state index in [0.29, 0.717) is 30.5 Å². The number of methoxy groups -OCH3 is 1. The molecule has 2 amide bonds. The molecule has 0 bridgehead atoms. The normalized spacial score (nSPS) is 14.5. The third-order valence-electron chi connectivity index (χ3n) is 5.07. The third kappa shape index (κ3) is 4.26. The maximum atomic E-state index is 12.4. The van der Waals surface area contributed by atoms with E-state index in [2.05, 4.69) is 6.07 Å². The molecule has 0 radical (unpaired) electrons. The largest absolute Gasteiger partial charge is 0.396 e. The summed E-state index contributed by atoms with van der Waals surface area (Å²) in [6.07, 6.45) is 2.81. The molecule has 1 unspecified atom stereocenters. The van der Waals surface area contributed by atoms with Crippen LogP contribution in [0.2, 0.25) is 0 Å². The molecule has 0 spiro atoms. The number of carbonyl (C=O) groups is 2. The van der Waals surface area contributed by atoms with Gasteiger partial charge >= 0.3 is 0 Å². The highest BCUT2D eigenvalue weighted by Crippen LogP contribution is 2.23. The Labute approximate surface area is 159 Å². The van der Waals surface area contributed by atoms with Gasteiger partial charge in [-0.3, -0.25) is 14.5 Å². The average molecular weight is 367 g/mol. The van der Waals surface area contributed by atoms with Crippen LogP contribution in [-0.4, -0.2) is 48.2 Å². The van der Waals surface area contributed by atoms with Gasteiger partial charge in [0.05, 0.1) is 17.2 Å². The number of amides is 2. The molecular formula is C22H25NO4. The van der Waals surface area contributed by atoms with Gasteiger partial charge in [0.25, 0.3) is 11.8 Å². The molecule has 1 aliphatic rings. The number of fused-ring (bicyclic) bond motifs is 1. The summed E-state index contributed by atoms with van der Waals surface area (Å²) in [5, 5.41) is 9.22. The molecule has 1 aliphatic heterocycles. The van der Waals surface area contributed by atoms with Gasteiger partial charge in [0.1, 0.15) is 0 Å². The number of hydrogen-bond donors (Lipinski definition) is 1. The minimum atomic E-state index is -0.210. The number of nitrogens with zero attached hydrogens (tertiary/aromatic N) is 1. The first kappa shape index (κ1) is 19.3. The van der Waals surface area contributed by atoms with Gasteiger partial charge in [0, 0.05) is 20.3 Å². The fraction of sp³-hybridized carbons (Fsp3) is 0.364. The van der Waals surface area contributed by atoms with Crippen LogP contribution >= 0.6 is 0 Å². The minimum absolute atomic E-state index is 0.0000234. The van der Waals surface area contributed by atoms with Gasteiger partial charge in [0.15, 0.2) is 0 Å². The van der Waals surface area contributed by atoms with Crippen molar-refractivity contribution in [3.8, 4) is 0 Å². The highest BCUT2D eigenvalue weighted by molar-refractivity contribution is 6.21. The van der Waals surface area contributed by atoms with Crippen LogP contribution in [0.3, 0.4) is 0 Å². The number of rotatable bonds is 9. The number of aliphatic hydroxyl groups excluding tert-OH is 1. The number of benzene rings is 2. The number of carbonyl (C=O) groups excluding carboxylic acids is 2. The second kappa shape index (κ2) is 8.93. The zero-order valence-corrected chi connectivity index (χ0v) is 15.6. The molecular weight excluding hydrogens is 342 g/mol. The van der Waals surface area contributed by atoms with E-state index in [0.717, 1.165) is 18.4 Å². The van der Waals surface area contributed by atoms with Crippen molar-refractivity contribution < 1.29 is 19.4 Å². The lowest BCUT2D eigenvalue weighted by molar-refractivity contribution is 0.0621. The molecule has 0 aromatic heterocycles. The quantitative estimate of drug-likeness (QED) is 0.692. The third-order valence-corrected chi connectivity index (χ3v) is 5.07. The Hall–Kier alpha value is -2.50. The van der Waals surface area contributed by atoms with E-state index in [1.54, 1.807) is 31.4 Å². The molecule has 0 fully saturated rings. The van der Waals surface area contributed by atoms with Crippen LogP contribution in [-0.2, 0) is 17.6 Å². The molecule has 5 nitrogen and oxygen atoms in total. The second-order valence-electron chi connectivity index (χ2n) is 6.75.